The van der Waals surface area contributed by atoms with Gasteiger partial charge in [-0.25, -0.2) is 0 Å². The van der Waals surface area contributed by atoms with Gasteiger partial charge in [0.1, 0.15) is 0 Å². The molecule has 0 N–H and O–H groups in total. The van der Waals surface area contributed by atoms with Crippen molar-refractivity contribution in [2.75, 3.05) is 0 Å². The Balaban J connectivity index is 1.87. The molecule has 0 aliphatic rings. The van der Waals surface area contributed by atoms with Gasteiger partial charge in [0.2, 0.25) is 0 Å². The van der Waals surface area contributed by atoms with Crippen LogP contribution in [0.4, 0.5) is 0 Å². The number of ketones is 1. The largest absolute Gasteiger partial charge is 0.294 e. The molecule has 0 amide bonds. The molecule has 0 saturated heterocycles. The van der Waals surface area contributed by atoms with Gasteiger partial charge in [0, 0.05) is 12.0 Å². The second-order valence-electron chi connectivity index (χ2n) is 4.91. The molecule has 0 aliphatic carbocycles. The number of halogens is 2. The van der Waals surface area contributed by atoms with E-state index >= 15 is 0 Å². The molecule has 0 saturated carbocycles. The van der Waals surface area contributed by atoms with Crippen molar-refractivity contribution >= 4 is 39.8 Å². The maximum Gasteiger partial charge on any atom is 0.167 e. The van der Waals surface area contributed by atoms with Gasteiger partial charge in [-0.15, -0.1) is 0 Å². The van der Waals surface area contributed by atoms with E-state index in [4.69, 9.17) is 23.2 Å². The average molecular weight is 315 g/mol. The zero-order chi connectivity index (χ0) is 14.8. The van der Waals surface area contributed by atoms with Crippen LogP contribution >= 0.6 is 23.2 Å². The first-order valence-electron chi connectivity index (χ1n) is 6.59. The summed E-state index contributed by atoms with van der Waals surface area (Å²) in [6.45, 7) is 0. The van der Waals surface area contributed by atoms with Gasteiger partial charge in [-0.1, -0.05) is 65.7 Å². The monoisotopic (exact) mass is 314 g/mol. The van der Waals surface area contributed by atoms with Crippen molar-refractivity contribution < 1.29 is 4.79 Å². The lowest BCUT2D eigenvalue weighted by Gasteiger charge is -2.05. The average Bonchev–Trinajstić information content (AvgIpc) is 2.50. The van der Waals surface area contributed by atoms with Crippen LogP contribution in [0.15, 0.2) is 60.7 Å². The van der Waals surface area contributed by atoms with Crippen molar-refractivity contribution in [1.82, 2.24) is 0 Å². The Morgan fingerprint density at radius 2 is 1.57 bits per heavy atom. The fourth-order valence-corrected chi connectivity index (χ4v) is 2.62. The number of carbonyl (C=O) groups excluding carboxylic acids is 1. The van der Waals surface area contributed by atoms with Crippen molar-refractivity contribution in [3.63, 3.8) is 0 Å². The maximum absolute atomic E-state index is 12.4. The molecular formula is C18H12Cl2O. The molecule has 0 bridgehead atoms. The minimum Gasteiger partial charge on any atom is -0.294 e. The van der Waals surface area contributed by atoms with Crippen LogP contribution in [-0.2, 0) is 6.42 Å². The summed E-state index contributed by atoms with van der Waals surface area (Å²) in [5.41, 5.74) is 1.57. The molecule has 0 fully saturated rings. The predicted molar refractivity (Wildman–Crippen MR) is 88.4 cm³/mol. The molecule has 0 aliphatic heterocycles. The van der Waals surface area contributed by atoms with Gasteiger partial charge in [-0.3, -0.25) is 4.79 Å². The molecule has 0 spiro atoms. The van der Waals surface area contributed by atoms with E-state index in [1.165, 1.54) is 0 Å². The number of hydrogen-bond acceptors (Lipinski definition) is 1. The second kappa shape index (κ2) is 5.88. The fraction of sp³-hybridized carbons (Fsp3) is 0.0556. The Morgan fingerprint density at radius 1 is 0.810 bits per heavy atom. The molecule has 3 heteroatoms. The van der Waals surface area contributed by atoms with Crippen LogP contribution in [0.3, 0.4) is 0 Å². The summed E-state index contributed by atoms with van der Waals surface area (Å²) in [4.78, 5) is 12.4. The summed E-state index contributed by atoms with van der Waals surface area (Å²) in [6.07, 6.45) is 0.315. The summed E-state index contributed by atoms with van der Waals surface area (Å²) in [5, 5.41) is 3.17. The number of Topliss-reactive ketones (excluding diaryl/α,β-unsaturated/α-hetero) is 1. The molecule has 0 unspecified atom stereocenters. The minimum absolute atomic E-state index is 0.0687. The molecule has 1 nitrogen and oxygen atoms in total. The SMILES string of the molecule is O=C(Cc1ccc(Cl)c(Cl)c1)c1ccc2ccccc2c1. The lowest BCUT2D eigenvalue weighted by molar-refractivity contribution is 0.0993. The highest BCUT2D eigenvalue weighted by molar-refractivity contribution is 6.42. The van der Waals surface area contributed by atoms with E-state index in [-0.39, 0.29) is 5.78 Å². The van der Waals surface area contributed by atoms with Gasteiger partial charge in [-0.2, -0.15) is 0 Å². The van der Waals surface area contributed by atoms with Crippen molar-refractivity contribution in [2.24, 2.45) is 0 Å². The van der Waals surface area contributed by atoms with E-state index in [9.17, 15) is 4.79 Å². The van der Waals surface area contributed by atoms with Gasteiger partial charge >= 0.3 is 0 Å². The molecule has 104 valence electrons. The molecule has 0 aromatic heterocycles. The van der Waals surface area contributed by atoms with Crippen LogP contribution in [0.5, 0.6) is 0 Å². The lowest BCUT2D eigenvalue weighted by Crippen LogP contribution is -2.03. The molecule has 0 radical (unpaired) electrons. The van der Waals surface area contributed by atoms with E-state index in [2.05, 4.69) is 0 Å². The van der Waals surface area contributed by atoms with Crippen molar-refractivity contribution in [3.8, 4) is 0 Å². The first-order chi connectivity index (χ1) is 10.1. The van der Waals surface area contributed by atoms with Crippen LogP contribution in [0.1, 0.15) is 15.9 Å². The molecule has 3 aromatic rings. The van der Waals surface area contributed by atoms with Crippen LogP contribution in [-0.4, -0.2) is 5.78 Å². The Bertz CT molecular complexity index is 824. The standard InChI is InChI=1S/C18H12Cl2O/c19-16-8-5-12(9-17(16)20)10-18(21)15-7-6-13-3-1-2-4-14(13)11-15/h1-9,11H,10H2. The Morgan fingerprint density at radius 3 is 2.33 bits per heavy atom. The number of fused-ring (bicyclic) bond motifs is 1. The van der Waals surface area contributed by atoms with Crippen LogP contribution in [0.2, 0.25) is 10.0 Å². The zero-order valence-electron chi connectivity index (χ0n) is 11.1. The van der Waals surface area contributed by atoms with E-state index in [0.717, 1.165) is 16.3 Å². The Kier molecular flexibility index (Phi) is 3.96. The lowest BCUT2D eigenvalue weighted by atomic mass is 10.00. The zero-order valence-corrected chi connectivity index (χ0v) is 12.7. The fourth-order valence-electron chi connectivity index (χ4n) is 2.30. The van der Waals surface area contributed by atoms with E-state index in [1.807, 2.05) is 48.5 Å². The van der Waals surface area contributed by atoms with E-state index in [1.54, 1.807) is 12.1 Å². The van der Waals surface area contributed by atoms with E-state index in [0.29, 0.717) is 22.0 Å². The highest BCUT2D eigenvalue weighted by Gasteiger charge is 2.09. The van der Waals surface area contributed by atoms with Gasteiger partial charge in [0.25, 0.3) is 0 Å². The summed E-state index contributed by atoms with van der Waals surface area (Å²) in [5.74, 6) is 0.0687. The van der Waals surface area contributed by atoms with Crippen molar-refractivity contribution in [1.29, 1.82) is 0 Å². The first-order valence-corrected chi connectivity index (χ1v) is 7.35. The number of hydrogen-bond donors (Lipinski definition) is 0. The van der Waals surface area contributed by atoms with Crippen LogP contribution in [0.25, 0.3) is 10.8 Å². The van der Waals surface area contributed by atoms with E-state index < -0.39 is 0 Å². The van der Waals surface area contributed by atoms with Gasteiger partial charge in [0.05, 0.1) is 10.0 Å². The number of benzene rings is 3. The molecule has 0 heterocycles. The molecular weight excluding hydrogens is 303 g/mol. The molecule has 21 heavy (non-hydrogen) atoms. The van der Waals surface area contributed by atoms with Crippen molar-refractivity contribution in [3.05, 3.63) is 81.8 Å². The first kappa shape index (κ1) is 14.1. The number of carbonyl (C=O) groups is 1. The summed E-state index contributed by atoms with van der Waals surface area (Å²) >= 11 is 11.9. The third-order valence-electron chi connectivity index (χ3n) is 3.42. The topological polar surface area (TPSA) is 17.1 Å². The Labute approximate surface area is 133 Å². The van der Waals surface area contributed by atoms with Gasteiger partial charge in [0.15, 0.2) is 5.78 Å². The van der Waals surface area contributed by atoms with Gasteiger partial charge < -0.3 is 0 Å². The minimum atomic E-state index is 0.0687. The summed E-state index contributed by atoms with van der Waals surface area (Å²) in [7, 11) is 0. The quantitative estimate of drug-likeness (QED) is 0.577. The van der Waals surface area contributed by atoms with Crippen LogP contribution < -0.4 is 0 Å². The van der Waals surface area contributed by atoms with Crippen LogP contribution in [0, 0.1) is 0 Å². The molecule has 3 aromatic carbocycles. The number of rotatable bonds is 3. The summed E-state index contributed by atoms with van der Waals surface area (Å²) in [6, 6.07) is 19.0. The normalized spacial score (nSPS) is 10.8. The molecule has 3 rings (SSSR count). The predicted octanol–water partition coefficient (Wildman–Crippen LogP) is 5.57. The maximum atomic E-state index is 12.4. The Hall–Kier alpha value is -1.83. The van der Waals surface area contributed by atoms with Gasteiger partial charge in [-0.05, 0) is 34.5 Å². The summed E-state index contributed by atoms with van der Waals surface area (Å²) < 4.78 is 0. The highest BCUT2D eigenvalue weighted by Crippen LogP contribution is 2.24. The highest BCUT2D eigenvalue weighted by atomic mass is 35.5. The molecule has 0 atom stereocenters. The third kappa shape index (κ3) is 3.10. The van der Waals surface area contributed by atoms with Crippen molar-refractivity contribution in [2.45, 2.75) is 6.42 Å². The second-order valence-corrected chi connectivity index (χ2v) is 5.72. The smallest absolute Gasteiger partial charge is 0.167 e. The third-order valence-corrected chi connectivity index (χ3v) is 4.16.